The number of carbonyl (C=O) groups is 1. The van der Waals surface area contributed by atoms with E-state index in [2.05, 4.69) is 10.5 Å². The minimum absolute atomic E-state index is 0.0644. The lowest BCUT2D eigenvalue weighted by Gasteiger charge is -2.14. The van der Waals surface area contributed by atoms with Crippen LogP contribution in [0.2, 0.25) is 0 Å². The molecule has 8 heteroatoms. The molecule has 1 unspecified atom stereocenters. The Morgan fingerprint density at radius 1 is 1.15 bits per heavy atom. The van der Waals surface area contributed by atoms with Crippen molar-refractivity contribution >= 4 is 17.3 Å². The molecule has 0 spiro atoms. The van der Waals surface area contributed by atoms with Crippen molar-refractivity contribution in [2.45, 2.75) is 12.5 Å². The van der Waals surface area contributed by atoms with Gasteiger partial charge in [-0.05, 0) is 24.3 Å². The first kappa shape index (κ1) is 18.4. The lowest BCUT2D eigenvalue weighted by molar-refractivity contribution is -0.125. The maximum atomic E-state index is 12.4. The normalized spacial score (nSPS) is 15.5. The number of anilines is 1. The van der Waals surface area contributed by atoms with E-state index in [1.807, 2.05) is 0 Å². The fraction of sp³-hybridized carbons (Fsp3) is 0.263. The molecule has 1 heterocycles. The van der Waals surface area contributed by atoms with Crippen LogP contribution >= 0.6 is 0 Å². The van der Waals surface area contributed by atoms with Crippen LogP contribution in [0.5, 0.6) is 23.0 Å². The lowest BCUT2D eigenvalue weighted by atomic mass is 10.0. The third-order valence-electron chi connectivity index (χ3n) is 4.07. The van der Waals surface area contributed by atoms with Gasteiger partial charge in [-0.3, -0.25) is 4.79 Å². The molecule has 1 aliphatic heterocycles. The van der Waals surface area contributed by atoms with E-state index in [0.29, 0.717) is 34.2 Å². The number of hydrogen-bond donors (Lipinski definition) is 2. The van der Waals surface area contributed by atoms with Crippen molar-refractivity contribution in [3.63, 3.8) is 0 Å². The number of aromatic hydroxyl groups is 1. The SMILES string of the molecule is COc1cc(C2=NOC(C(=O)Nc3cccc(O)c3)C2)cc(OC)c1OC. The lowest BCUT2D eigenvalue weighted by Crippen LogP contribution is -2.28. The van der Waals surface area contributed by atoms with Gasteiger partial charge >= 0.3 is 0 Å². The van der Waals surface area contributed by atoms with Crippen LogP contribution < -0.4 is 19.5 Å². The minimum atomic E-state index is -0.776. The zero-order chi connectivity index (χ0) is 19.4. The molecular formula is C19H20N2O6. The molecule has 0 aliphatic carbocycles. The highest BCUT2D eigenvalue weighted by atomic mass is 16.6. The van der Waals surface area contributed by atoms with E-state index in [1.165, 1.54) is 33.5 Å². The quantitative estimate of drug-likeness (QED) is 0.809. The molecule has 0 saturated carbocycles. The van der Waals surface area contributed by atoms with Crippen LogP contribution in [0.3, 0.4) is 0 Å². The Hall–Kier alpha value is -3.42. The number of ether oxygens (including phenoxy) is 3. The van der Waals surface area contributed by atoms with Gasteiger partial charge in [-0.15, -0.1) is 0 Å². The maximum absolute atomic E-state index is 12.4. The van der Waals surface area contributed by atoms with Gasteiger partial charge in [-0.1, -0.05) is 11.2 Å². The topological polar surface area (TPSA) is 98.6 Å². The predicted octanol–water partition coefficient (Wildman–Crippen LogP) is 2.55. The fourth-order valence-corrected chi connectivity index (χ4v) is 2.74. The molecule has 2 N–H and O–H groups in total. The van der Waals surface area contributed by atoms with E-state index in [-0.39, 0.29) is 18.1 Å². The van der Waals surface area contributed by atoms with E-state index >= 15 is 0 Å². The highest BCUT2D eigenvalue weighted by Gasteiger charge is 2.30. The number of nitrogens with zero attached hydrogens (tertiary/aromatic N) is 1. The predicted molar refractivity (Wildman–Crippen MR) is 98.9 cm³/mol. The number of carbonyl (C=O) groups excluding carboxylic acids is 1. The molecule has 2 aromatic carbocycles. The molecule has 0 fully saturated rings. The number of nitrogens with one attached hydrogen (secondary N) is 1. The number of rotatable bonds is 6. The summed E-state index contributed by atoms with van der Waals surface area (Å²) in [5, 5.41) is 16.2. The highest BCUT2D eigenvalue weighted by molar-refractivity contribution is 6.06. The Labute approximate surface area is 156 Å². The Morgan fingerprint density at radius 3 is 2.44 bits per heavy atom. The van der Waals surface area contributed by atoms with Gasteiger partial charge in [0.05, 0.1) is 27.0 Å². The van der Waals surface area contributed by atoms with Gasteiger partial charge in [0.2, 0.25) is 11.9 Å². The molecule has 27 heavy (non-hydrogen) atoms. The van der Waals surface area contributed by atoms with Crippen LogP contribution in [0.4, 0.5) is 5.69 Å². The molecule has 142 valence electrons. The molecule has 0 radical (unpaired) electrons. The van der Waals surface area contributed by atoms with Gasteiger partial charge in [0.1, 0.15) is 5.75 Å². The average molecular weight is 372 g/mol. The van der Waals surface area contributed by atoms with Crippen LogP contribution in [0.15, 0.2) is 41.6 Å². The van der Waals surface area contributed by atoms with Crippen molar-refractivity contribution in [3.8, 4) is 23.0 Å². The Kier molecular flexibility index (Phi) is 5.35. The Morgan fingerprint density at radius 2 is 1.85 bits per heavy atom. The maximum Gasteiger partial charge on any atom is 0.268 e. The van der Waals surface area contributed by atoms with E-state index in [0.717, 1.165) is 0 Å². The van der Waals surface area contributed by atoms with Crippen LogP contribution in [0.1, 0.15) is 12.0 Å². The molecule has 0 bridgehead atoms. The largest absolute Gasteiger partial charge is 0.508 e. The first-order valence-corrected chi connectivity index (χ1v) is 8.18. The summed E-state index contributed by atoms with van der Waals surface area (Å²) in [5.74, 6) is 1.16. The zero-order valence-corrected chi connectivity index (χ0v) is 15.2. The minimum Gasteiger partial charge on any atom is -0.508 e. The fourth-order valence-electron chi connectivity index (χ4n) is 2.74. The third-order valence-corrected chi connectivity index (χ3v) is 4.07. The second-order valence-corrected chi connectivity index (χ2v) is 5.79. The summed E-state index contributed by atoms with van der Waals surface area (Å²) in [4.78, 5) is 17.7. The average Bonchev–Trinajstić information content (AvgIpc) is 3.17. The molecule has 2 aromatic rings. The second kappa shape index (κ2) is 7.86. The van der Waals surface area contributed by atoms with Crippen molar-refractivity contribution in [2.75, 3.05) is 26.6 Å². The van der Waals surface area contributed by atoms with E-state index in [4.69, 9.17) is 19.0 Å². The van der Waals surface area contributed by atoms with Crippen molar-refractivity contribution in [2.24, 2.45) is 5.16 Å². The van der Waals surface area contributed by atoms with Crippen LogP contribution in [-0.4, -0.2) is 44.2 Å². The summed E-state index contributed by atoms with van der Waals surface area (Å²) < 4.78 is 16.0. The first-order chi connectivity index (χ1) is 13.0. The molecule has 0 saturated heterocycles. The number of hydrogen-bond acceptors (Lipinski definition) is 7. The van der Waals surface area contributed by atoms with E-state index in [9.17, 15) is 9.90 Å². The zero-order valence-electron chi connectivity index (χ0n) is 15.2. The summed E-state index contributed by atoms with van der Waals surface area (Å²) in [7, 11) is 4.58. The molecule has 1 aliphatic rings. The second-order valence-electron chi connectivity index (χ2n) is 5.79. The Bertz CT molecular complexity index is 855. The number of phenolic OH excluding ortho intramolecular Hbond substituents is 1. The number of amides is 1. The monoisotopic (exact) mass is 372 g/mol. The van der Waals surface area contributed by atoms with Gasteiger partial charge in [0, 0.05) is 23.7 Å². The van der Waals surface area contributed by atoms with Crippen LogP contribution in [0, 0.1) is 0 Å². The first-order valence-electron chi connectivity index (χ1n) is 8.18. The number of phenols is 1. The summed E-state index contributed by atoms with van der Waals surface area (Å²) in [6.45, 7) is 0. The molecule has 8 nitrogen and oxygen atoms in total. The number of benzene rings is 2. The molecule has 0 aromatic heterocycles. The summed E-state index contributed by atoms with van der Waals surface area (Å²) in [6, 6.07) is 9.78. The van der Waals surface area contributed by atoms with Crippen molar-refractivity contribution in [3.05, 3.63) is 42.0 Å². The molecule has 3 rings (SSSR count). The molecular weight excluding hydrogens is 352 g/mol. The summed E-state index contributed by atoms with van der Waals surface area (Å²) in [6.07, 6.45) is -0.495. The van der Waals surface area contributed by atoms with Gasteiger partial charge in [0.25, 0.3) is 5.91 Å². The Balaban J connectivity index is 1.74. The molecule has 1 amide bonds. The summed E-state index contributed by atoms with van der Waals surface area (Å²) >= 11 is 0. The van der Waals surface area contributed by atoms with Crippen molar-refractivity contribution in [1.29, 1.82) is 0 Å². The number of methoxy groups -OCH3 is 3. The van der Waals surface area contributed by atoms with Gasteiger partial charge in [-0.2, -0.15) is 0 Å². The van der Waals surface area contributed by atoms with Gasteiger partial charge < -0.3 is 29.5 Å². The van der Waals surface area contributed by atoms with Gasteiger partial charge in [0.15, 0.2) is 11.5 Å². The van der Waals surface area contributed by atoms with E-state index in [1.54, 1.807) is 24.3 Å². The van der Waals surface area contributed by atoms with Crippen LogP contribution in [0.25, 0.3) is 0 Å². The van der Waals surface area contributed by atoms with Gasteiger partial charge in [-0.25, -0.2) is 0 Å². The van der Waals surface area contributed by atoms with E-state index < -0.39 is 6.10 Å². The number of oxime groups is 1. The summed E-state index contributed by atoms with van der Waals surface area (Å²) in [5.41, 5.74) is 1.77. The highest BCUT2D eigenvalue weighted by Crippen LogP contribution is 2.39. The van der Waals surface area contributed by atoms with Crippen LogP contribution in [-0.2, 0) is 9.63 Å². The van der Waals surface area contributed by atoms with Crippen molar-refractivity contribution in [1.82, 2.24) is 0 Å². The third kappa shape index (κ3) is 3.89. The van der Waals surface area contributed by atoms with Crippen molar-refractivity contribution < 1.29 is 28.9 Å². The standard InChI is InChI=1S/C19H20N2O6/c1-24-15-7-11(8-16(25-2)18(15)26-3)14-10-17(27-21-14)19(23)20-12-5-4-6-13(22)9-12/h4-9,17,22H,10H2,1-3H3,(H,20,23). The smallest absolute Gasteiger partial charge is 0.268 e. The molecule has 1 atom stereocenters.